The predicted molar refractivity (Wildman–Crippen MR) is 133 cm³/mol. The highest BCUT2D eigenvalue weighted by molar-refractivity contribution is 7.92. The van der Waals surface area contributed by atoms with Gasteiger partial charge in [0.25, 0.3) is 15.9 Å². The predicted octanol–water partition coefficient (Wildman–Crippen LogP) is 3.68. The van der Waals surface area contributed by atoms with Crippen LogP contribution in [-0.4, -0.2) is 39.6 Å². The monoisotopic (exact) mass is 510 g/mol. The number of carbonyl (C=O) groups excluding carboxylic acids is 2. The first-order valence-corrected chi connectivity index (χ1v) is 12.8. The van der Waals surface area contributed by atoms with Crippen molar-refractivity contribution >= 4 is 27.6 Å². The Balaban J connectivity index is 1.45. The maximum atomic E-state index is 13.0. The molecule has 188 valence electrons. The molecule has 9 nitrogen and oxygen atoms in total. The molecule has 36 heavy (non-hydrogen) atoms. The lowest BCUT2D eigenvalue weighted by Gasteiger charge is -2.20. The van der Waals surface area contributed by atoms with Gasteiger partial charge in [-0.1, -0.05) is 42.5 Å². The molecule has 0 aromatic heterocycles. The molecule has 0 spiro atoms. The second-order valence-electron chi connectivity index (χ2n) is 8.15. The SMILES string of the molecule is C[C@@H](OC(=O)c1ccccc1NS(=O)(=O)c1ccc2c(c1)OCCO2)C(=O)N[C@H](C)c1ccccc1. The molecule has 1 amide bonds. The third-order valence-electron chi connectivity index (χ3n) is 5.53. The Morgan fingerprint density at radius 3 is 2.31 bits per heavy atom. The Morgan fingerprint density at radius 1 is 0.889 bits per heavy atom. The topological polar surface area (TPSA) is 120 Å². The summed E-state index contributed by atoms with van der Waals surface area (Å²) in [6, 6.07) is 19.3. The number of amides is 1. The number of sulfonamides is 1. The fourth-order valence-electron chi connectivity index (χ4n) is 3.58. The highest BCUT2D eigenvalue weighted by atomic mass is 32.2. The van der Waals surface area contributed by atoms with Crippen molar-refractivity contribution in [2.45, 2.75) is 30.9 Å². The number of rotatable bonds is 8. The lowest BCUT2D eigenvalue weighted by Crippen LogP contribution is -2.37. The highest BCUT2D eigenvalue weighted by Gasteiger charge is 2.25. The molecule has 0 fully saturated rings. The van der Waals surface area contributed by atoms with Crippen LogP contribution in [0, 0.1) is 0 Å². The Morgan fingerprint density at radius 2 is 1.56 bits per heavy atom. The van der Waals surface area contributed by atoms with E-state index >= 15 is 0 Å². The van der Waals surface area contributed by atoms with Crippen LogP contribution in [0.15, 0.2) is 77.7 Å². The van der Waals surface area contributed by atoms with E-state index in [4.69, 9.17) is 14.2 Å². The van der Waals surface area contributed by atoms with E-state index in [1.54, 1.807) is 12.1 Å². The van der Waals surface area contributed by atoms with Crippen LogP contribution in [0.5, 0.6) is 11.5 Å². The van der Waals surface area contributed by atoms with Crippen LogP contribution in [0.25, 0.3) is 0 Å². The molecular formula is C26H26N2O7S. The van der Waals surface area contributed by atoms with E-state index in [9.17, 15) is 18.0 Å². The molecule has 1 aliphatic heterocycles. The van der Waals surface area contributed by atoms with Gasteiger partial charge in [-0.15, -0.1) is 0 Å². The minimum Gasteiger partial charge on any atom is -0.486 e. The van der Waals surface area contributed by atoms with E-state index < -0.39 is 28.0 Å². The maximum Gasteiger partial charge on any atom is 0.341 e. The molecule has 2 atom stereocenters. The van der Waals surface area contributed by atoms with Gasteiger partial charge in [-0.05, 0) is 43.7 Å². The van der Waals surface area contributed by atoms with Crippen LogP contribution >= 0.6 is 0 Å². The average molecular weight is 511 g/mol. The van der Waals surface area contributed by atoms with Gasteiger partial charge in [-0.25, -0.2) is 13.2 Å². The van der Waals surface area contributed by atoms with Gasteiger partial charge < -0.3 is 19.5 Å². The van der Waals surface area contributed by atoms with E-state index in [0.717, 1.165) is 5.56 Å². The Kier molecular flexibility index (Phi) is 7.44. The number of anilines is 1. The molecule has 1 heterocycles. The Bertz CT molecular complexity index is 1360. The van der Waals surface area contributed by atoms with Gasteiger partial charge in [0.05, 0.1) is 22.2 Å². The van der Waals surface area contributed by atoms with Crippen LogP contribution in [0.1, 0.15) is 35.8 Å². The number of benzene rings is 3. The molecular weight excluding hydrogens is 484 g/mol. The molecule has 0 unspecified atom stereocenters. The standard InChI is InChI=1S/C26H26N2O7S/c1-17(19-8-4-3-5-9-19)27-25(29)18(2)35-26(30)21-10-6-7-11-22(21)28-36(31,32)20-12-13-23-24(16-20)34-15-14-33-23/h3-13,16-18,28H,14-15H2,1-2H3,(H,27,29)/t17-,18-/m1/s1. The molecule has 0 bridgehead atoms. The number of esters is 1. The van der Waals surface area contributed by atoms with Gasteiger partial charge >= 0.3 is 5.97 Å². The summed E-state index contributed by atoms with van der Waals surface area (Å²) < 4.78 is 44.7. The summed E-state index contributed by atoms with van der Waals surface area (Å²) in [5, 5.41) is 2.80. The summed E-state index contributed by atoms with van der Waals surface area (Å²) in [5.41, 5.74) is 0.889. The average Bonchev–Trinajstić information content (AvgIpc) is 2.88. The first kappa shape index (κ1) is 25.1. The minimum absolute atomic E-state index is 0.0163. The second-order valence-corrected chi connectivity index (χ2v) is 9.83. The Hall–Kier alpha value is -4.05. The smallest absolute Gasteiger partial charge is 0.341 e. The first-order chi connectivity index (χ1) is 17.2. The van der Waals surface area contributed by atoms with E-state index in [-0.39, 0.29) is 22.2 Å². The van der Waals surface area contributed by atoms with Crippen molar-refractivity contribution in [3.8, 4) is 11.5 Å². The molecule has 4 rings (SSSR count). The molecule has 0 aliphatic carbocycles. The van der Waals surface area contributed by atoms with Gasteiger partial charge in [-0.2, -0.15) is 0 Å². The zero-order valence-electron chi connectivity index (χ0n) is 19.8. The fraction of sp³-hybridized carbons (Fsp3) is 0.231. The molecule has 2 N–H and O–H groups in total. The molecule has 0 saturated heterocycles. The second kappa shape index (κ2) is 10.7. The number of hydrogen-bond donors (Lipinski definition) is 2. The molecule has 1 aliphatic rings. The van der Waals surface area contributed by atoms with Crippen LogP contribution < -0.4 is 19.5 Å². The molecule has 3 aromatic carbocycles. The minimum atomic E-state index is -4.07. The largest absolute Gasteiger partial charge is 0.486 e. The zero-order valence-corrected chi connectivity index (χ0v) is 20.6. The molecule has 0 saturated carbocycles. The van der Waals surface area contributed by atoms with Crippen LogP contribution in [-0.2, 0) is 19.6 Å². The third-order valence-corrected chi connectivity index (χ3v) is 6.89. The molecule has 10 heteroatoms. The summed E-state index contributed by atoms with van der Waals surface area (Å²) in [7, 11) is -4.07. The van der Waals surface area contributed by atoms with Crippen molar-refractivity contribution < 1.29 is 32.2 Å². The number of nitrogens with one attached hydrogen (secondary N) is 2. The number of hydrogen-bond acceptors (Lipinski definition) is 7. The van der Waals surface area contributed by atoms with Crippen LogP contribution in [0.3, 0.4) is 0 Å². The van der Waals surface area contributed by atoms with Gasteiger partial charge in [0, 0.05) is 6.07 Å². The van der Waals surface area contributed by atoms with Crippen molar-refractivity contribution in [1.82, 2.24) is 5.32 Å². The third kappa shape index (κ3) is 5.77. The first-order valence-electron chi connectivity index (χ1n) is 11.3. The van der Waals surface area contributed by atoms with Crippen molar-refractivity contribution in [2.75, 3.05) is 17.9 Å². The van der Waals surface area contributed by atoms with E-state index in [0.29, 0.717) is 24.7 Å². The van der Waals surface area contributed by atoms with Crippen molar-refractivity contribution in [1.29, 1.82) is 0 Å². The number of fused-ring (bicyclic) bond motifs is 1. The molecule has 3 aromatic rings. The van der Waals surface area contributed by atoms with Gasteiger partial charge in [0.1, 0.15) is 13.2 Å². The summed E-state index contributed by atoms with van der Waals surface area (Å²) in [5.74, 6) is -0.543. The summed E-state index contributed by atoms with van der Waals surface area (Å²) in [4.78, 5) is 25.4. The van der Waals surface area contributed by atoms with Crippen molar-refractivity contribution in [3.05, 3.63) is 83.9 Å². The van der Waals surface area contributed by atoms with Crippen molar-refractivity contribution in [2.24, 2.45) is 0 Å². The quantitative estimate of drug-likeness (QED) is 0.444. The lowest BCUT2D eigenvalue weighted by atomic mass is 10.1. The van der Waals surface area contributed by atoms with Crippen LogP contribution in [0.2, 0.25) is 0 Å². The van der Waals surface area contributed by atoms with E-state index in [1.165, 1.54) is 37.3 Å². The van der Waals surface area contributed by atoms with Crippen LogP contribution in [0.4, 0.5) is 5.69 Å². The Labute approximate surface area is 209 Å². The zero-order chi connectivity index (χ0) is 25.7. The maximum absolute atomic E-state index is 13.0. The van der Waals surface area contributed by atoms with Gasteiger partial charge in [0.2, 0.25) is 0 Å². The fourth-order valence-corrected chi connectivity index (χ4v) is 4.67. The van der Waals surface area contributed by atoms with Gasteiger partial charge in [0.15, 0.2) is 17.6 Å². The summed E-state index contributed by atoms with van der Waals surface area (Å²) >= 11 is 0. The van der Waals surface area contributed by atoms with Gasteiger partial charge in [-0.3, -0.25) is 9.52 Å². The normalized spacial score (nSPS) is 14.3. The van der Waals surface area contributed by atoms with E-state index in [2.05, 4.69) is 10.0 Å². The number of ether oxygens (including phenoxy) is 3. The number of carbonyl (C=O) groups is 2. The molecule has 0 radical (unpaired) electrons. The lowest BCUT2D eigenvalue weighted by molar-refractivity contribution is -0.129. The van der Waals surface area contributed by atoms with E-state index in [1.807, 2.05) is 37.3 Å². The highest BCUT2D eigenvalue weighted by Crippen LogP contribution is 2.33. The van der Waals surface area contributed by atoms with Crippen molar-refractivity contribution in [3.63, 3.8) is 0 Å². The number of para-hydroxylation sites is 1. The summed E-state index contributed by atoms with van der Waals surface area (Å²) in [6.07, 6.45) is -1.11. The summed E-state index contributed by atoms with van der Waals surface area (Å²) in [6.45, 7) is 3.97.